The highest BCUT2D eigenvalue weighted by molar-refractivity contribution is 5.68. The van der Waals surface area contributed by atoms with Crippen molar-refractivity contribution in [3.05, 3.63) is 45.3 Å². The number of hydrogen-bond donors (Lipinski definition) is 1. The number of hydrogen-bond acceptors (Lipinski definition) is 5. The molecule has 0 saturated carbocycles. The zero-order valence-electron chi connectivity index (χ0n) is 10.4. The molecule has 1 aliphatic rings. The summed E-state index contributed by atoms with van der Waals surface area (Å²) in [5.74, 6) is -0.304. The summed E-state index contributed by atoms with van der Waals surface area (Å²) in [6.07, 6.45) is 4.06. The highest BCUT2D eigenvalue weighted by Crippen LogP contribution is 2.19. The third-order valence-corrected chi connectivity index (χ3v) is 2.63. The molecule has 0 radical (unpaired) electrons. The van der Waals surface area contributed by atoms with Crippen LogP contribution < -0.4 is 11.2 Å². The number of carbonyl (C=O) groups is 1. The van der Waals surface area contributed by atoms with E-state index in [9.17, 15) is 14.4 Å². The molecule has 2 atom stereocenters. The molecule has 0 spiro atoms. The van der Waals surface area contributed by atoms with Gasteiger partial charge in [0.15, 0.2) is 6.23 Å². The molecule has 1 aromatic heterocycles. The number of nitrogens with one attached hydrogen (secondary N) is 1. The first-order valence-corrected chi connectivity index (χ1v) is 5.91. The monoisotopic (exact) mass is 266 g/mol. The number of rotatable bonds is 4. The van der Waals surface area contributed by atoms with Gasteiger partial charge in [0.2, 0.25) is 0 Å². The Morgan fingerprint density at radius 2 is 2.26 bits per heavy atom. The minimum absolute atomic E-state index is 0.109. The first-order valence-electron chi connectivity index (χ1n) is 5.91. The highest BCUT2D eigenvalue weighted by atomic mass is 16.6. The fraction of sp³-hybridized carbons (Fsp3) is 0.417. The van der Waals surface area contributed by atoms with Crippen molar-refractivity contribution >= 4 is 5.97 Å². The lowest BCUT2D eigenvalue weighted by atomic mass is 10.3. The van der Waals surface area contributed by atoms with Gasteiger partial charge in [0.05, 0.1) is 0 Å². The van der Waals surface area contributed by atoms with E-state index in [1.165, 1.54) is 16.8 Å². The normalized spacial score (nSPS) is 21.5. The van der Waals surface area contributed by atoms with Crippen molar-refractivity contribution in [2.24, 2.45) is 0 Å². The first kappa shape index (κ1) is 13.3. The Hall–Kier alpha value is -2.15. The van der Waals surface area contributed by atoms with Crippen molar-refractivity contribution in [3.8, 4) is 0 Å². The number of esters is 1. The molecule has 1 N–H and O–H groups in total. The first-order chi connectivity index (χ1) is 9.10. The quantitative estimate of drug-likeness (QED) is 0.609. The molecule has 0 amide bonds. The third-order valence-electron chi connectivity index (χ3n) is 2.63. The van der Waals surface area contributed by atoms with Gasteiger partial charge in [-0.3, -0.25) is 19.1 Å². The van der Waals surface area contributed by atoms with Gasteiger partial charge in [-0.1, -0.05) is 13.0 Å². The van der Waals surface area contributed by atoms with Crippen LogP contribution in [0.2, 0.25) is 0 Å². The largest absolute Gasteiger partial charge is 0.463 e. The molecule has 2 rings (SSSR count). The average molecular weight is 266 g/mol. The smallest absolute Gasteiger partial charge is 0.330 e. The minimum atomic E-state index is -0.602. The van der Waals surface area contributed by atoms with Gasteiger partial charge >= 0.3 is 11.7 Å². The summed E-state index contributed by atoms with van der Waals surface area (Å²) in [5.41, 5.74) is -1.01. The second kappa shape index (κ2) is 5.66. The van der Waals surface area contributed by atoms with Crippen LogP contribution in [0.5, 0.6) is 0 Å². The van der Waals surface area contributed by atoms with E-state index in [0.29, 0.717) is 6.42 Å². The zero-order chi connectivity index (χ0) is 13.8. The number of aromatic amines is 1. The fourth-order valence-electron chi connectivity index (χ4n) is 1.65. The molecule has 102 valence electrons. The van der Waals surface area contributed by atoms with E-state index >= 15 is 0 Å². The SMILES string of the molecule is CCC(=O)OC[C@H]1C=C[C@H](n2ccc(=O)[nH]c2=O)O1. The van der Waals surface area contributed by atoms with Crippen LogP contribution >= 0.6 is 0 Å². The Kier molecular flexibility index (Phi) is 3.96. The van der Waals surface area contributed by atoms with Crippen molar-refractivity contribution in [3.63, 3.8) is 0 Å². The maximum absolute atomic E-state index is 11.6. The summed E-state index contributed by atoms with van der Waals surface area (Å²) in [7, 11) is 0. The van der Waals surface area contributed by atoms with Gasteiger partial charge in [-0.2, -0.15) is 0 Å². The number of ether oxygens (including phenoxy) is 2. The van der Waals surface area contributed by atoms with Crippen molar-refractivity contribution in [2.75, 3.05) is 6.61 Å². The summed E-state index contributed by atoms with van der Waals surface area (Å²) < 4.78 is 11.7. The third kappa shape index (κ3) is 3.19. The van der Waals surface area contributed by atoms with Crippen molar-refractivity contribution < 1.29 is 14.3 Å². The molecule has 0 bridgehead atoms. The van der Waals surface area contributed by atoms with E-state index in [2.05, 4.69) is 4.98 Å². The molecular formula is C12H14N2O5. The van der Waals surface area contributed by atoms with Crippen LogP contribution in [0.1, 0.15) is 19.6 Å². The second-order valence-electron chi connectivity index (χ2n) is 4.00. The standard InChI is InChI=1S/C12H14N2O5/c1-2-11(16)18-7-8-3-4-10(19-8)14-6-5-9(15)13-12(14)17/h3-6,8,10H,2,7H2,1H3,(H,13,15,17)/t8-,10-/m1/s1. The maximum atomic E-state index is 11.6. The predicted molar refractivity (Wildman–Crippen MR) is 65.6 cm³/mol. The summed E-state index contributed by atoms with van der Waals surface area (Å²) in [5, 5.41) is 0. The highest BCUT2D eigenvalue weighted by Gasteiger charge is 2.22. The summed E-state index contributed by atoms with van der Waals surface area (Å²) in [4.78, 5) is 35.7. The molecule has 1 aromatic rings. The van der Waals surface area contributed by atoms with Gasteiger partial charge in [-0.25, -0.2) is 4.79 Å². The second-order valence-corrected chi connectivity index (χ2v) is 4.00. The van der Waals surface area contributed by atoms with Crippen LogP contribution in [0.3, 0.4) is 0 Å². The van der Waals surface area contributed by atoms with Crippen molar-refractivity contribution in [1.82, 2.24) is 9.55 Å². The topological polar surface area (TPSA) is 90.4 Å². The summed E-state index contributed by atoms with van der Waals surface area (Å²) in [6.45, 7) is 1.81. The van der Waals surface area contributed by atoms with E-state index in [1.54, 1.807) is 19.1 Å². The Balaban J connectivity index is 1.99. The summed E-state index contributed by atoms with van der Waals surface area (Å²) >= 11 is 0. The number of aromatic nitrogens is 2. The molecule has 0 aliphatic carbocycles. The van der Waals surface area contributed by atoms with E-state index in [-0.39, 0.29) is 18.7 Å². The van der Waals surface area contributed by atoms with Crippen LogP contribution in [-0.2, 0) is 14.3 Å². The minimum Gasteiger partial charge on any atom is -0.463 e. The molecule has 0 fully saturated rings. The molecule has 2 heterocycles. The van der Waals surface area contributed by atoms with E-state index in [0.717, 1.165) is 0 Å². The van der Waals surface area contributed by atoms with E-state index < -0.39 is 17.5 Å². The lowest BCUT2D eigenvalue weighted by molar-refractivity contribution is -0.147. The Labute approximate surface area is 108 Å². The van der Waals surface area contributed by atoms with Gasteiger partial charge in [0.25, 0.3) is 5.56 Å². The van der Waals surface area contributed by atoms with Crippen LogP contribution in [-0.4, -0.2) is 28.2 Å². The van der Waals surface area contributed by atoms with E-state index in [4.69, 9.17) is 9.47 Å². The average Bonchev–Trinajstić information content (AvgIpc) is 2.84. The molecule has 19 heavy (non-hydrogen) atoms. The molecule has 0 saturated heterocycles. The Morgan fingerprint density at radius 1 is 1.47 bits per heavy atom. The Morgan fingerprint density at radius 3 is 2.95 bits per heavy atom. The van der Waals surface area contributed by atoms with Crippen molar-refractivity contribution in [2.45, 2.75) is 25.7 Å². The molecule has 1 aliphatic heterocycles. The lowest BCUT2D eigenvalue weighted by Crippen LogP contribution is -2.32. The van der Waals surface area contributed by atoms with Crippen LogP contribution in [0.25, 0.3) is 0 Å². The van der Waals surface area contributed by atoms with Gasteiger partial charge in [0, 0.05) is 18.7 Å². The van der Waals surface area contributed by atoms with Crippen LogP contribution in [0, 0.1) is 0 Å². The van der Waals surface area contributed by atoms with Crippen molar-refractivity contribution in [1.29, 1.82) is 0 Å². The van der Waals surface area contributed by atoms with Gasteiger partial charge in [-0.15, -0.1) is 0 Å². The summed E-state index contributed by atoms with van der Waals surface area (Å²) in [6, 6.07) is 1.24. The maximum Gasteiger partial charge on any atom is 0.330 e. The van der Waals surface area contributed by atoms with Gasteiger partial charge in [0.1, 0.15) is 12.7 Å². The van der Waals surface area contributed by atoms with Gasteiger partial charge in [-0.05, 0) is 6.08 Å². The molecule has 0 unspecified atom stereocenters. The van der Waals surface area contributed by atoms with E-state index in [1.807, 2.05) is 0 Å². The van der Waals surface area contributed by atoms with Gasteiger partial charge < -0.3 is 9.47 Å². The fourth-order valence-corrected chi connectivity index (χ4v) is 1.65. The number of carbonyl (C=O) groups excluding carboxylic acids is 1. The lowest BCUT2D eigenvalue weighted by Gasteiger charge is -2.15. The molecular weight excluding hydrogens is 252 g/mol. The molecule has 7 nitrogen and oxygen atoms in total. The number of H-pyrrole nitrogens is 1. The Bertz CT molecular complexity index is 601. The van der Waals surface area contributed by atoms with Crippen LogP contribution in [0.4, 0.5) is 0 Å². The zero-order valence-corrected chi connectivity index (χ0v) is 10.4. The molecule has 0 aromatic carbocycles. The number of nitrogens with zero attached hydrogens (tertiary/aromatic N) is 1. The molecule has 7 heteroatoms. The predicted octanol–water partition coefficient (Wildman–Crippen LogP) is -0.0566. The van der Waals surface area contributed by atoms with Crippen LogP contribution in [0.15, 0.2) is 34.0 Å².